The van der Waals surface area contributed by atoms with Crippen molar-refractivity contribution in [2.75, 3.05) is 19.6 Å². The first-order valence-corrected chi connectivity index (χ1v) is 6.41. The van der Waals surface area contributed by atoms with Crippen LogP contribution in [0.4, 0.5) is 4.79 Å². The Morgan fingerprint density at radius 2 is 2.06 bits per heavy atom. The van der Waals surface area contributed by atoms with E-state index < -0.39 is 5.97 Å². The zero-order valence-electron chi connectivity index (χ0n) is 10.3. The van der Waals surface area contributed by atoms with Gasteiger partial charge < -0.3 is 14.9 Å². The van der Waals surface area contributed by atoms with Crippen LogP contribution in [0.25, 0.3) is 0 Å². The lowest BCUT2D eigenvalue weighted by atomic mass is 9.99. The maximum atomic E-state index is 12.2. The second-order valence-electron chi connectivity index (χ2n) is 4.92. The molecule has 1 saturated heterocycles. The molecule has 1 N–H and O–H groups in total. The predicted molar refractivity (Wildman–Crippen MR) is 62.7 cm³/mol. The van der Waals surface area contributed by atoms with Crippen LogP contribution >= 0.6 is 0 Å². The highest BCUT2D eigenvalue weighted by Gasteiger charge is 2.36. The lowest BCUT2D eigenvalue weighted by Gasteiger charge is -2.35. The van der Waals surface area contributed by atoms with Gasteiger partial charge >= 0.3 is 12.0 Å². The lowest BCUT2D eigenvalue weighted by molar-refractivity contribution is -0.143. The fourth-order valence-corrected chi connectivity index (χ4v) is 2.47. The van der Waals surface area contributed by atoms with Gasteiger partial charge in [-0.15, -0.1) is 0 Å². The van der Waals surface area contributed by atoms with Gasteiger partial charge in [0.15, 0.2) is 0 Å². The van der Waals surface area contributed by atoms with Crippen molar-refractivity contribution in [3.63, 3.8) is 0 Å². The Morgan fingerprint density at radius 3 is 2.59 bits per heavy atom. The first-order chi connectivity index (χ1) is 8.13. The number of amides is 2. The van der Waals surface area contributed by atoms with Crippen molar-refractivity contribution in [3.05, 3.63) is 0 Å². The smallest absolute Gasteiger partial charge is 0.320 e. The number of hydrogen-bond donors (Lipinski definition) is 1. The molecule has 5 heteroatoms. The average Bonchev–Trinajstić information content (AvgIpc) is 3.14. The lowest BCUT2D eigenvalue weighted by Crippen LogP contribution is -2.49. The van der Waals surface area contributed by atoms with E-state index in [-0.39, 0.29) is 11.9 Å². The normalized spacial score (nSPS) is 24.5. The quantitative estimate of drug-likeness (QED) is 0.810. The van der Waals surface area contributed by atoms with Gasteiger partial charge in [-0.1, -0.05) is 0 Å². The van der Waals surface area contributed by atoms with E-state index in [2.05, 4.69) is 0 Å². The van der Waals surface area contributed by atoms with E-state index in [0.29, 0.717) is 25.6 Å². The Morgan fingerprint density at radius 1 is 1.35 bits per heavy atom. The molecule has 17 heavy (non-hydrogen) atoms. The molecule has 2 rings (SSSR count). The molecule has 1 aliphatic carbocycles. The van der Waals surface area contributed by atoms with Gasteiger partial charge in [-0.3, -0.25) is 4.79 Å². The fourth-order valence-electron chi connectivity index (χ4n) is 2.47. The number of piperidine rings is 1. The van der Waals surface area contributed by atoms with Gasteiger partial charge in [-0.2, -0.15) is 0 Å². The molecule has 2 aliphatic rings. The highest BCUT2D eigenvalue weighted by atomic mass is 16.4. The summed E-state index contributed by atoms with van der Waals surface area (Å²) in [5, 5.41) is 9.00. The van der Waals surface area contributed by atoms with Crippen molar-refractivity contribution in [3.8, 4) is 0 Å². The number of carbonyl (C=O) groups excluding carboxylic acids is 1. The highest BCUT2D eigenvalue weighted by Crippen LogP contribution is 2.28. The predicted octanol–water partition coefficient (Wildman–Crippen LogP) is 1.39. The minimum absolute atomic E-state index is 0.0287. The van der Waals surface area contributed by atoms with E-state index in [0.717, 1.165) is 25.8 Å². The van der Waals surface area contributed by atoms with Crippen LogP contribution in [-0.2, 0) is 4.79 Å². The third-order valence-corrected chi connectivity index (χ3v) is 3.62. The first kappa shape index (κ1) is 12.2. The molecule has 0 aromatic rings. The second kappa shape index (κ2) is 4.94. The molecule has 1 saturated carbocycles. The number of aliphatic carboxylic acids is 1. The number of urea groups is 1. The molecule has 0 radical (unpaired) electrons. The zero-order chi connectivity index (χ0) is 12.4. The van der Waals surface area contributed by atoms with Crippen LogP contribution in [0.1, 0.15) is 32.6 Å². The zero-order valence-corrected chi connectivity index (χ0v) is 10.3. The molecule has 0 spiro atoms. The number of carboxylic acids is 1. The van der Waals surface area contributed by atoms with Crippen LogP contribution in [-0.4, -0.2) is 52.6 Å². The number of carbonyl (C=O) groups is 2. The summed E-state index contributed by atoms with van der Waals surface area (Å²) in [4.78, 5) is 26.8. The van der Waals surface area contributed by atoms with E-state index in [1.807, 2.05) is 11.8 Å². The molecular formula is C12H20N2O3. The van der Waals surface area contributed by atoms with Crippen molar-refractivity contribution in [2.24, 2.45) is 5.92 Å². The SMILES string of the molecule is CCN(C(=O)N1CCC[C@H](C(=O)O)C1)C1CC1. The fraction of sp³-hybridized carbons (Fsp3) is 0.833. The molecule has 96 valence electrons. The van der Waals surface area contributed by atoms with Gasteiger partial charge in [-0.05, 0) is 32.6 Å². The Labute approximate surface area is 101 Å². The number of rotatable bonds is 3. The van der Waals surface area contributed by atoms with Gasteiger partial charge in [0.1, 0.15) is 0 Å². The summed E-state index contributed by atoms with van der Waals surface area (Å²) in [6.45, 7) is 3.77. The van der Waals surface area contributed by atoms with Gasteiger partial charge in [0.2, 0.25) is 0 Å². The van der Waals surface area contributed by atoms with Gasteiger partial charge in [0.05, 0.1) is 5.92 Å². The summed E-state index contributed by atoms with van der Waals surface area (Å²) in [5.41, 5.74) is 0. The summed E-state index contributed by atoms with van der Waals surface area (Å²) >= 11 is 0. The Bertz CT molecular complexity index is 315. The molecule has 5 nitrogen and oxygen atoms in total. The van der Waals surface area contributed by atoms with Crippen molar-refractivity contribution >= 4 is 12.0 Å². The molecule has 2 amide bonds. The van der Waals surface area contributed by atoms with E-state index in [1.165, 1.54) is 0 Å². The number of hydrogen-bond acceptors (Lipinski definition) is 2. The van der Waals surface area contributed by atoms with E-state index >= 15 is 0 Å². The molecule has 1 atom stereocenters. The van der Waals surface area contributed by atoms with Crippen LogP contribution in [0.3, 0.4) is 0 Å². The van der Waals surface area contributed by atoms with Crippen LogP contribution in [0.5, 0.6) is 0 Å². The maximum Gasteiger partial charge on any atom is 0.320 e. The Hall–Kier alpha value is -1.26. The van der Waals surface area contributed by atoms with Crippen LogP contribution in [0.15, 0.2) is 0 Å². The molecule has 1 heterocycles. The maximum absolute atomic E-state index is 12.2. The molecular weight excluding hydrogens is 220 g/mol. The molecule has 0 unspecified atom stereocenters. The number of carboxylic acid groups (broad SMARTS) is 1. The molecule has 0 aromatic heterocycles. The van der Waals surface area contributed by atoms with Crippen LogP contribution in [0.2, 0.25) is 0 Å². The monoisotopic (exact) mass is 240 g/mol. The Balaban J connectivity index is 1.96. The second-order valence-corrected chi connectivity index (χ2v) is 4.92. The summed E-state index contributed by atoms with van der Waals surface area (Å²) in [6, 6.07) is 0.429. The summed E-state index contributed by atoms with van der Waals surface area (Å²) in [6.07, 6.45) is 3.67. The minimum atomic E-state index is -0.781. The van der Waals surface area contributed by atoms with Crippen molar-refractivity contribution in [2.45, 2.75) is 38.6 Å². The van der Waals surface area contributed by atoms with Gasteiger partial charge in [-0.25, -0.2) is 4.79 Å². The van der Waals surface area contributed by atoms with Crippen molar-refractivity contribution < 1.29 is 14.7 Å². The van der Waals surface area contributed by atoms with E-state index in [4.69, 9.17) is 5.11 Å². The van der Waals surface area contributed by atoms with Crippen LogP contribution in [0, 0.1) is 5.92 Å². The standard InChI is InChI=1S/C12H20N2O3/c1-2-14(10-5-6-10)12(17)13-7-3-4-9(8-13)11(15)16/h9-10H,2-8H2,1H3,(H,15,16)/t9-/m0/s1. The number of likely N-dealkylation sites (tertiary alicyclic amines) is 1. The summed E-state index contributed by atoms with van der Waals surface area (Å²) in [7, 11) is 0. The van der Waals surface area contributed by atoms with E-state index in [1.54, 1.807) is 4.90 Å². The van der Waals surface area contributed by atoms with Gasteiger partial charge in [0, 0.05) is 25.7 Å². The molecule has 0 bridgehead atoms. The number of nitrogens with zero attached hydrogens (tertiary/aromatic N) is 2. The van der Waals surface area contributed by atoms with E-state index in [9.17, 15) is 9.59 Å². The minimum Gasteiger partial charge on any atom is -0.481 e. The third-order valence-electron chi connectivity index (χ3n) is 3.62. The topological polar surface area (TPSA) is 60.9 Å². The largest absolute Gasteiger partial charge is 0.481 e. The Kier molecular flexibility index (Phi) is 3.54. The van der Waals surface area contributed by atoms with Crippen molar-refractivity contribution in [1.82, 2.24) is 9.80 Å². The highest BCUT2D eigenvalue weighted by molar-refractivity contribution is 5.77. The molecule has 2 fully saturated rings. The summed E-state index contributed by atoms with van der Waals surface area (Å²) < 4.78 is 0. The molecule has 0 aromatic carbocycles. The average molecular weight is 240 g/mol. The molecule has 1 aliphatic heterocycles. The summed E-state index contributed by atoms with van der Waals surface area (Å²) in [5.74, 6) is -1.16. The van der Waals surface area contributed by atoms with Gasteiger partial charge in [0.25, 0.3) is 0 Å². The third kappa shape index (κ3) is 2.70. The van der Waals surface area contributed by atoms with Crippen molar-refractivity contribution in [1.29, 1.82) is 0 Å². The first-order valence-electron chi connectivity index (χ1n) is 6.41. The van der Waals surface area contributed by atoms with Crippen LogP contribution < -0.4 is 0 Å².